The maximum atomic E-state index is 12.3. The number of anilines is 1. The number of nitrogens with one attached hydrogen (secondary N) is 1. The second kappa shape index (κ2) is 8.84. The fourth-order valence-corrected chi connectivity index (χ4v) is 2.43. The van der Waals surface area contributed by atoms with Crippen LogP contribution in [0.3, 0.4) is 0 Å². The van der Waals surface area contributed by atoms with Crippen molar-refractivity contribution in [3.05, 3.63) is 59.7 Å². The first-order valence-corrected chi connectivity index (χ1v) is 8.01. The SMILES string of the molecule is CCN(CC(=O)Nc1ccccc1OC)Cc1ccc(C(=O)O)cc1. The summed E-state index contributed by atoms with van der Waals surface area (Å²) in [6.07, 6.45) is 0. The molecule has 2 N–H and O–H groups in total. The van der Waals surface area contributed by atoms with Crippen molar-refractivity contribution >= 4 is 17.6 Å². The van der Waals surface area contributed by atoms with Crippen LogP contribution < -0.4 is 10.1 Å². The number of rotatable bonds is 8. The summed E-state index contributed by atoms with van der Waals surface area (Å²) in [6, 6.07) is 13.9. The van der Waals surface area contributed by atoms with E-state index in [1.807, 2.05) is 24.0 Å². The molecule has 2 aromatic rings. The molecule has 0 aromatic heterocycles. The first kappa shape index (κ1) is 18.5. The highest BCUT2D eigenvalue weighted by atomic mass is 16.5. The van der Waals surface area contributed by atoms with Crippen molar-refractivity contribution < 1.29 is 19.4 Å². The Balaban J connectivity index is 1.96. The molecule has 0 radical (unpaired) electrons. The summed E-state index contributed by atoms with van der Waals surface area (Å²) in [6.45, 7) is 3.47. The van der Waals surface area contributed by atoms with Crippen LogP contribution in [0.5, 0.6) is 5.75 Å². The largest absolute Gasteiger partial charge is 0.495 e. The second-order valence-electron chi connectivity index (χ2n) is 5.55. The average Bonchev–Trinajstić information content (AvgIpc) is 2.62. The van der Waals surface area contributed by atoms with Gasteiger partial charge in [-0.3, -0.25) is 9.69 Å². The monoisotopic (exact) mass is 342 g/mol. The lowest BCUT2D eigenvalue weighted by molar-refractivity contribution is -0.117. The predicted molar refractivity (Wildman–Crippen MR) is 96.0 cm³/mol. The molecular weight excluding hydrogens is 320 g/mol. The lowest BCUT2D eigenvalue weighted by Gasteiger charge is -2.20. The zero-order valence-corrected chi connectivity index (χ0v) is 14.4. The number of para-hydroxylation sites is 2. The molecule has 2 rings (SSSR count). The Labute approximate surface area is 147 Å². The van der Waals surface area contributed by atoms with Gasteiger partial charge in [0, 0.05) is 6.54 Å². The number of carboxylic acids is 1. The highest BCUT2D eigenvalue weighted by Crippen LogP contribution is 2.22. The van der Waals surface area contributed by atoms with Gasteiger partial charge in [0.15, 0.2) is 0 Å². The number of methoxy groups -OCH3 is 1. The van der Waals surface area contributed by atoms with Crippen LogP contribution in [0.2, 0.25) is 0 Å². The number of ether oxygens (including phenoxy) is 1. The van der Waals surface area contributed by atoms with Gasteiger partial charge in [-0.2, -0.15) is 0 Å². The molecular formula is C19H22N2O4. The second-order valence-corrected chi connectivity index (χ2v) is 5.55. The van der Waals surface area contributed by atoms with Gasteiger partial charge in [-0.15, -0.1) is 0 Å². The third-order valence-electron chi connectivity index (χ3n) is 3.80. The summed E-state index contributed by atoms with van der Waals surface area (Å²) >= 11 is 0. The molecule has 0 atom stereocenters. The van der Waals surface area contributed by atoms with Crippen molar-refractivity contribution in [1.29, 1.82) is 0 Å². The van der Waals surface area contributed by atoms with Crippen molar-refractivity contribution in [2.45, 2.75) is 13.5 Å². The van der Waals surface area contributed by atoms with E-state index in [2.05, 4.69) is 5.32 Å². The van der Waals surface area contributed by atoms with Crippen molar-refractivity contribution in [1.82, 2.24) is 4.90 Å². The fourth-order valence-electron chi connectivity index (χ4n) is 2.43. The minimum Gasteiger partial charge on any atom is -0.495 e. The number of nitrogens with zero attached hydrogens (tertiary/aromatic N) is 1. The summed E-state index contributed by atoms with van der Waals surface area (Å²) in [4.78, 5) is 25.2. The molecule has 0 saturated heterocycles. The minimum absolute atomic E-state index is 0.131. The van der Waals surface area contributed by atoms with Crippen LogP contribution in [0.1, 0.15) is 22.8 Å². The van der Waals surface area contributed by atoms with E-state index < -0.39 is 5.97 Å². The first-order valence-electron chi connectivity index (χ1n) is 8.01. The number of hydrogen-bond acceptors (Lipinski definition) is 4. The number of carbonyl (C=O) groups excluding carboxylic acids is 1. The van der Waals surface area contributed by atoms with E-state index >= 15 is 0 Å². The van der Waals surface area contributed by atoms with Gasteiger partial charge in [-0.05, 0) is 36.4 Å². The molecule has 0 spiro atoms. The quantitative estimate of drug-likeness (QED) is 0.771. The van der Waals surface area contributed by atoms with Crippen molar-refractivity contribution in [2.24, 2.45) is 0 Å². The molecule has 6 heteroatoms. The molecule has 0 heterocycles. The summed E-state index contributed by atoms with van der Waals surface area (Å²) in [5.74, 6) is -0.466. The van der Waals surface area contributed by atoms with Gasteiger partial charge in [0.1, 0.15) is 5.75 Å². The minimum atomic E-state index is -0.949. The molecule has 0 fully saturated rings. The lowest BCUT2D eigenvalue weighted by atomic mass is 10.1. The molecule has 0 aliphatic rings. The predicted octanol–water partition coefficient (Wildman–Crippen LogP) is 2.85. The van der Waals surface area contributed by atoms with Gasteiger partial charge in [-0.1, -0.05) is 31.2 Å². The number of aromatic carboxylic acids is 1. The number of carboxylic acid groups (broad SMARTS) is 1. The standard InChI is InChI=1S/C19H22N2O4/c1-3-21(12-14-8-10-15(11-9-14)19(23)24)13-18(22)20-16-6-4-5-7-17(16)25-2/h4-11H,3,12-13H2,1-2H3,(H,20,22)(H,23,24). The molecule has 0 unspecified atom stereocenters. The van der Waals surface area contributed by atoms with Gasteiger partial charge < -0.3 is 15.2 Å². The number of carbonyl (C=O) groups is 2. The van der Waals surface area contributed by atoms with Crippen LogP contribution in [-0.2, 0) is 11.3 Å². The van der Waals surface area contributed by atoms with Crippen molar-refractivity contribution in [3.63, 3.8) is 0 Å². The molecule has 6 nitrogen and oxygen atoms in total. The Kier molecular flexibility index (Phi) is 6.54. The molecule has 25 heavy (non-hydrogen) atoms. The summed E-state index contributed by atoms with van der Waals surface area (Å²) < 4.78 is 5.23. The highest BCUT2D eigenvalue weighted by molar-refractivity contribution is 5.93. The van der Waals surface area contributed by atoms with Crippen LogP contribution in [0.25, 0.3) is 0 Å². The van der Waals surface area contributed by atoms with E-state index in [0.29, 0.717) is 24.5 Å². The summed E-state index contributed by atoms with van der Waals surface area (Å²) in [7, 11) is 1.56. The van der Waals surface area contributed by atoms with Crippen LogP contribution in [-0.4, -0.2) is 42.1 Å². The van der Waals surface area contributed by atoms with E-state index in [0.717, 1.165) is 5.56 Å². The van der Waals surface area contributed by atoms with E-state index in [1.54, 1.807) is 43.5 Å². The normalized spacial score (nSPS) is 10.5. The Morgan fingerprint density at radius 2 is 1.80 bits per heavy atom. The van der Waals surface area contributed by atoms with Crippen molar-refractivity contribution in [2.75, 3.05) is 25.5 Å². The smallest absolute Gasteiger partial charge is 0.335 e. The number of amides is 1. The molecule has 0 bridgehead atoms. The van der Waals surface area contributed by atoms with Crippen LogP contribution >= 0.6 is 0 Å². The summed E-state index contributed by atoms with van der Waals surface area (Å²) in [5, 5.41) is 11.8. The van der Waals surface area contributed by atoms with Gasteiger partial charge in [-0.25, -0.2) is 4.79 Å². The third-order valence-corrected chi connectivity index (χ3v) is 3.80. The molecule has 2 aromatic carbocycles. The average molecular weight is 342 g/mol. The number of likely N-dealkylation sites (N-methyl/N-ethyl adjacent to an activating group) is 1. The zero-order valence-electron chi connectivity index (χ0n) is 14.4. The van der Waals surface area contributed by atoms with Gasteiger partial charge in [0.05, 0.1) is 24.9 Å². The Hall–Kier alpha value is -2.86. The van der Waals surface area contributed by atoms with Crippen molar-refractivity contribution in [3.8, 4) is 5.75 Å². The topological polar surface area (TPSA) is 78.9 Å². The molecule has 1 amide bonds. The Morgan fingerprint density at radius 1 is 1.12 bits per heavy atom. The molecule has 0 aliphatic carbocycles. The van der Waals surface area contributed by atoms with E-state index in [1.165, 1.54) is 0 Å². The maximum absolute atomic E-state index is 12.3. The molecule has 0 saturated carbocycles. The van der Waals surface area contributed by atoms with Gasteiger partial charge in [0.25, 0.3) is 0 Å². The van der Waals surface area contributed by atoms with E-state index in [4.69, 9.17) is 9.84 Å². The van der Waals surface area contributed by atoms with Gasteiger partial charge >= 0.3 is 5.97 Å². The molecule has 132 valence electrons. The third kappa shape index (κ3) is 5.32. The van der Waals surface area contributed by atoms with Crippen LogP contribution in [0.15, 0.2) is 48.5 Å². The highest BCUT2D eigenvalue weighted by Gasteiger charge is 2.12. The zero-order chi connectivity index (χ0) is 18.2. The van der Waals surface area contributed by atoms with Crippen LogP contribution in [0, 0.1) is 0 Å². The maximum Gasteiger partial charge on any atom is 0.335 e. The fraction of sp³-hybridized carbons (Fsp3) is 0.263. The Bertz CT molecular complexity index is 728. The summed E-state index contributed by atoms with van der Waals surface area (Å²) in [5.41, 5.74) is 1.84. The number of benzene rings is 2. The lowest BCUT2D eigenvalue weighted by Crippen LogP contribution is -2.32. The van der Waals surface area contributed by atoms with Gasteiger partial charge in [0.2, 0.25) is 5.91 Å². The van der Waals surface area contributed by atoms with E-state index in [9.17, 15) is 9.59 Å². The van der Waals surface area contributed by atoms with E-state index in [-0.39, 0.29) is 18.0 Å². The molecule has 0 aliphatic heterocycles. The Morgan fingerprint density at radius 3 is 2.40 bits per heavy atom. The first-order chi connectivity index (χ1) is 12.0. The van der Waals surface area contributed by atoms with Crippen LogP contribution in [0.4, 0.5) is 5.69 Å². The number of hydrogen-bond donors (Lipinski definition) is 2.